The van der Waals surface area contributed by atoms with E-state index in [4.69, 9.17) is 5.14 Å². The Balaban J connectivity index is 2.62. The second-order valence-corrected chi connectivity index (χ2v) is 6.92. The number of benzene rings is 1. The first kappa shape index (κ1) is 20.1. The van der Waals surface area contributed by atoms with Gasteiger partial charge in [0.2, 0.25) is 21.8 Å². The number of sulfonamides is 1. The zero-order valence-corrected chi connectivity index (χ0v) is 15.0. The summed E-state index contributed by atoms with van der Waals surface area (Å²) >= 11 is 0. The third-order valence-electron chi connectivity index (χ3n) is 3.38. The molecule has 0 fully saturated rings. The van der Waals surface area contributed by atoms with Gasteiger partial charge in [-0.05, 0) is 39.1 Å². The molecule has 9 heteroatoms. The maximum absolute atomic E-state index is 12.0. The lowest BCUT2D eigenvalue weighted by atomic mass is 10.3. The molecule has 2 amide bonds. The molecule has 0 radical (unpaired) electrons. The van der Waals surface area contributed by atoms with E-state index in [1.807, 2.05) is 13.8 Å². The molecule has 0 saturated heterocycles. The van der Waals surface area contributed by atoms with Crippen molar-refractivity contribution in [3.05, 3.63) is 24.3 Å². The van der Waals surface area contributed by atoms with Crippen LogP contribution in [0, 0.1) is 0 Å². The first-order chi connectivity index (χ1) is 11.2. The predicted molar refractivity (Wildman–Crippen MR) is 91.9 cm³/mol. The molecule has 0 atom stereocenters. The first-order valence-electron chi connectivity index (χ1n) is 7.56. The summed E-state index contributed by atoms with van der Waals surface area (Å²) in [5.74, 6) is -0.400. The lowest BCUT2D eigenvalue weighted by Crippen LogP contribution is -2.41. The number of nitrogens with zero attached hydrogens (tertiary/aromatic N) is 2. The Morgan fingerprint density at radius 3 is 2.33 bits per heavy atom. The third-order valence-corrected chi connectivity index (χ3v) is 4.29. The van der Waals surface area contributed by atoms with Gasteiger partial charge in [-0.15, -0.1) is 0 Å². The largest absolute Gasteiger partial charge is 0.342 e. The van der Waals surface area contributed by atoms with Crippen LogP contribution in [-0.2, 0) is 19.6 Å². The van der Waals surface area contributed by atoms with Crippen LogP contribution < -0.4 is 10.5 Å². The van der Waals surface area contributed by atoms with Gasteiger partial charge in [0.25, 0.3) is 0 Å². The average Bonchev–Trinajstić information content (AvgIpc) is 2.47. The van der Waals surface area contributed by atoms with Crippen LogP contribution in [0.5, 0.6) is 0 Å². The van der Waals surface area contributed by atoms with Gasteiger partial charge in [0, 0.05) is 18.8 Å². The summed E-state index contributed by atoms with van der Waals surface area (Å²) in [7, 11) is -2.16. The van der Waals surface area contributed by atoms with Crippen molar-refractivity contribution in [2.24, 2.45) is 5.14 Å². The molecular weight excluding hydrogens is 332 g/mol. The minimum absolute atomic E-state index is 0.00656. The third kappa shape index (κ3) is 6.26. The molecule has 24 heavy (non-hydrogen) atoms. The Labute approximate surface area is 142 Å². The van der Waals surface area contributed by atoms with Gasteiger partial charge in [-0.25, -0.2) is 13.6 Å². The van der Waals surface area contributed by atoms with E-state index in [2.05, 4.69) is 5.32 Å². The quantitative estimate of drug-likeness (QED) is 0.684. The summed E-state index contributed by atoms with van der Waals surface area (Å²) in [5, 5.41) is 7.65. The van der Waals surface area contributed by atoms with E-state index in [1.54, 1.807) is 22.9 Å². The summed E-state index contributed by atoms with van der Waals surface area (Å²) in [6.45, 7) is 5.17. The molecule has 0 bridgehead atoms. The molecule has 0 spiro atoms. The maximum atomic E-state index is 12.0. The zero-order chi connectivity index (χ0) is 18.3. The van der Waals surface area contributed by atoms with E-state index >= 15 is 0 Å². The highest BCUT2D eigenvalue weighted by molar-refractivity contribution is 7.89. The fraction of sp³-hybridized carbons (Fsp3) is 0.467. The second kappa shape index (κ2) is 8.76. The highest BCUT2D eigenvalue weighted by Gasteiger charge is 2.15. The van der Waals surface area contributed by atoms with Crippen molar-refractivity contribution < 1.29 is 18.0 Å². The van der Waals surface area contributed by atoms with Crippen molar-refractivity contribution in [1.82, 2.24) is 9.80 Å². The molecular formula is C15H24N4O4S. The number of rotatable bonds is 8. The molecule has 0 aromatic heterocycles. The van der Waals surface area contributed by atoms with Crippen molar-refractivity contribution in [3.63, 3.8) is 0 Å². The van der Waals surface area contributed by atoms with Crippen LogP contribution in [-0.4, -0.2) is 63.3 Å². The Hall–Kier alpha value is -1.97. The van der Waals surface area contributed by atoms with E-state index < -0.39 is 10.0 Å². The van der Waals surface area contributed by atoms with Crippen LogP contribution in [0.25, 0.3) is 0 Å². The topological polar surface area (TPSA) is 113 Å². The number of anilines is 1. The summed E-state index contributed by atoms with van der Waals surface area (Å²) in [6, 6.07) is 5.69. The minimum Gasteiger partial charge on any atom is -0.342 e. The van der Waals surface area contributed by atoms with Gasteiger partial charge in [-0.1, -0.05) is 6.07 Å². The van der Waals surface area contributed by atoms with E-state index in [9.17, 15) is 18.0 Å². The van der Waals surface area contributed by atoms with Crippen molar-refractivity contribution in [2.75, 3.05) is 38.5 Å². The molecule has 0 aliphatic heterocycles. The number of hydrogen-bond donors (Lipinski definition) is 2. The summed E-state index contributed by atoms with van der Waals surface area (Å²) in [6.07, 6.45) is 0. The number of carbonyl (C=O) groups excluding carboxylic acids is 2. The fourth-order valence-electron chi connectivity index (χ4n) is 2.16. The molecule has 3 N–H and O–H groups in total. The van der Waals surface area contributed by atoms with Crippen LogP contribution in [0.15, 0.2) is 29.2 Å². The van der Waals surface area contributed by atoms with E-state index in [0.29, 0.717) is 18.8 Å². The molecule has 0 unspecified atom stereocenters. The van der Waals surface area contributed by atoms with Crippen LogP contribution in [0.1, 0.15) is 13.8 Å². The fourth-order valence-corrected chi connectivity index (χ4v) is 2.72. The second-order valence-electron chi connectivity index (χ2n) is 5.36. The highest BCUT2D eigenvalue weighted by Crippen LogP contribution is 2.14. The smallest absolute Gasteiger partial charge is 0.238 e. The van der Waals surface area contributed by atoms with Crippen LogP contribution in [0.4, 0.5) is 5.69 Å². The van der Waals surface area contributed by atoms with E-state index in [-0.39, 0.29) is 29.8 Å². The number of nitrogens with two attached hydrogens (primary N) is 1. The van der Waals surface area contributed by atoms with Crippen molar-refractivity contribution in [1.29, 1.82) is 0 Å². The number of likely N-dealkylation sites (N-methyl/N-ethyl adjacent to an activating group) is 2. The first-order valence-corrected chi connectivity index (χ1v) is 9.11. The number of amides is 2. The van der Waals surface area contributed by atoms with Gasteiger partial charge in [0.1, 0.15) is 0 Å². The normalized spacial score (nSPS) is 11.4. The molecule has 0 saturated carbocycles. The van der Waals surface area contributed by atoms with Crippen LogP contribution in [0.3, 0.4) is 0 Å². The zero-order valence-electron chi connectivity index (χ0n) is 14.2. The van der Waals surface area contributed by atoms with Crippen LogP contribution >= 0.6 is 0 Å². The molecule has 1 rings (SSSR count). The number of hydrogen-bond acceptors (Lipinski definition) is 5. The van der Waals surface area contributed by atoms with E-state index in [1.165, 1.54) is 18.2 Å². The average molecular weight is 356 g/mol. The monoisotopic (exact) mass is 356 g/mol. The predicted octanol–water partition coefficient (Wildman–Crippen LogP) is 0.0727. The van der Waals surface area contributed by atoms with Gasteiger partial charge >= 0.3 is 0 Å². The molecule has 0 heterocycles. The minimum atomic E-state index is -3.83. The Morgan fingerprint density at radius 2 is 1.79 bits per heavy atom. The Morgan fingerprint density at radius 1 is 1.17 bits per heavy atom. The molecule has 0 aliphatic rings. The van der Waals surface area contributed by atoms with Crippen molar-refractivity contribution in [3.8, 4) is 0 Å². The van der Waals surface area contributed by atoms with Gasteiger partial charge in [0.15, 0.2) is 0 Å². The van der Waals surface area contributed by atoms with Gasteiger partial charge < -0.3 is 10.2 Å². The Bertz CT molecular complexity index is 686. The molecule has 1 aromatic rings. The maximum Gasteiger partial charge on any atom is 0.238 e. The summed E-state index contributed by atoms with van der Waals surface area (Å²) in [4.78, 5) is 27.2. The standard InChI is InChI=1S/C15H24N4O4S/c1-4-19(5-2)15(21)11-18(3)10-14(20)17-12-7-6-8-13(9-12)24(16,22)23/h6-9H,4-5,10-11H2,1-3H3,(H,17,20)(H2,16,22,23). The number of carbonyl (C=O) groups is 2. The lowest BCUT2D eigenvalue weighted by Gasteiger charge is -2.22. The SMILES string of the molecule is CCN(CC)C(=O)CN(C)CC(=O)Nc1cccc(S(N)(=O)=O)c1. The van der Waals surface area contributed by atoms with E-state index in [0.717, 1.165) is 0 Å². The molecule has 134 valence electrons. The highest BCUT2D eigenvalue weighted by atomic mass is 32.2. The Kier molecular flexibility index (Phi) is 7.33. The van der Waals surface area contributed by atoms with Gasteiger partial charge in [-0.3, -0.25) is 14.5 Å². The summed E-state index contributed by atoms with van der Waals surface area (Å²) < 4.78 is 22.6. The van der Waals surface area contributed by atoms with Crippen LogP contribution in [0.2, 0.25) is 0 Å². The molecule has 0 aliphatic carbocycles. The van der Waals surface area contributed by atoms with Crippen molar-refractivity contribution in [2.45, 2.75) is 18.7 Å². The molecule has 8 nitrogen and oxygen atoms in total. The van der Waals surface area contributed by atoms with Crippen molar-refractivity contribution >= 4 is 27.5 Å². The van der Waals surface area contributed by atoms with Gasteiger partial charge in [-0.2, -0.15) is 0 Å². The molecule has 1 aromatic carbocycles. The number of primary sulfonamides is 1. The lowest BCUT2D eigenvalue weighted by molar-refractivity contribution is -0.132. The number of nitrogens with one attached hydrogen (secondary N) is 1. The van der Waals surface area contributed by atoms with Gasteiger partial charge in [0.05, 0.1) is 18.0 Å². The summed E-state index contributed by atoms with van der Waals surface area (Å²) in [5.41, 5.74) is 0.329.